The smallest absolute Gasteiger partial charge is 0.291 e. The molecule has 3 rings (SSSR count). The molecular weight excluding hydrogens is 372 g/mol. The molecule has 0 unspecified atom stereocenters. The van der Waals surface area contributed by atoms with Gasteiger partial charge in [0.25, 0.3) is 11.8 Å². The van der Waals surface area contributed by atoms with Gasteiger partial charge in [-0.05, 0) is 49.1 Å². The predicted molar refractivity (Wildman–Crippen MR) is 101 cm³/mol. The van der Waals surface area contributed by atoms with Gasteiger partial charge < -0.3 is 24.1 Å². The summed E-state index contributed by atoms with van der Waals surface area (Å²) in [7, 11) is 2.98. The van der Waals surface area contributed by atoms with Crippen molar-refractivity contribution in [2.24, 2.45) is 0 Å². The van der Waals surface area contributed by atoms with Gasteiger partial charge in [-0.25, -0.2) is 0 Å². The van der Waals surface area contributed by atoms with Crippen LogP contribution in [0.2, 0.25) is 5.22 Å². The van der Waals surface area contributed by atoms with Crippen molar-refractivity contribution < 1.29 is 23.5 Å². The van der Waals surface area contributed by atoms with E-state index in [1.54, 1.807) is 17.0 Å². The number of ether oxygens (including phenoxy) is 2. The van der Waals surface area contributed by atoms with Gasteiger partial charge in [-0.2, -0.15) is 0 Å². The number of carbonyl (C=O) groups excluding carboxylic acids is 2. The van der Waals surface area contributed by atoms with Crippen molar-refractivity contribution in [2.45, 2.75) is 19.3 Å². The summed E-state index contributed by atoms with van der Waals surface area (Å²) in [6.45, 7) is 1.38. The molecule has 1 N–H and O–H groups in total. The molecule has 1 aromatic heterocycles. The minimum atomic E-state index is -0.512. The van der Waals surface area contributed by atoms with Crippen molar-refractivity contribution in [2.75, 3.05) is 32.6 Å². The Morgan fingerprint density at radius 1 is 1.07 bits per heavy atom. The normalized spacial score (nSPS) is 14.0. The largest absolute Gasteiger partial charge is 0.493 e. The van der Waals surface area contributed by atoms with Crippen LogP contribution in [0.4, 0.5) is 5.69 Å². The van der Waals surface area contributed by atoms with E-state index in [1.165, 1.54) is 26.4 Å². The fourth-order valence-electron chi connectivity index (χ4n) is 3.05. The molecule has 0 spiro atoms. The number of piperidine rings is 1. The van der Waals surface area contributed by atoms with Crippen LogP contribution >= 0.6 is 11.6 Å². The van der Waals surface area contributed by atoms with E-state index in [4.69, 9.17) is 25.5 Å². The number of hydrogen-bond donors (Lipinski definition) is 1. The highest BCUT2D eigenvalue weighted by atomic mass is 35.5. The van der Waals surface area contributed by atoms with Crippen molar-refractivity contribution in [1.29, 1.82) is 0 Å². The zero-order chi connectivity index (χ0) is 19.4. The highest BCUT2D eigenvalue weighted by Gasteiger charge is 2.25. The molecule has 2 aromatic rings. The molecule has 1 aromatic carbocycles. The molecule has 0 bridgehead atoms. The summed E-state index contributed by atoms with van der Waals surface area (Å²) in [4.78, 5) is 27.3. The van der Waals surface area contributed by atoms with Crippen LogP contribution in [-0.4, -0.2) is 44.0 Å². The maximum Gasteiger partial charge on any atom is 0.291 e. The number of benzene rings is 1. The highest BCUT2D eigenvalue weighted by Crippen LogP contribution is 2.34. The third-order valence-electron chi connectivity index (χ3n) is 4.44. The molecule has 1 saturated heterocycles. The van der Waals surface area contributed by atoms with E-state index in [9.17, 15) is 9.59 Å². The molecule has 2 amide bonds. The minimum Gasteiger partial charge on any atom is -0.493 e. The first-order valence-electron chi connectivity index (χ1n) is 8.65. The van der Waals surface area contributed by atoms with E-state index in [2.05, 4.69) is 5.32 Å². The van der Waals surface area contributed by atoms with Gasteiger partial charge in [0.2, 0.25) is 0 Å². The number of hydrogen-bond acceptors (Lipinski definition) is 5. The molecule has 8 heteroatoms. The topological polar surface area (TPSA) is 81.0 Å². The lowest BCUT2D eigenvalue weighted by Crippen LogP contribution is -2.36. The molecule has 1 fully saturated rings. The van der Waals surface area contributed by atoms with Crippen molar-refractivity contribution >= 4 is 29.1 Å². The second-order valence-corrected chi connectivity index (χ2v) is 6.54. The minimum absolute atomic E-state index is 0.0474. The van der Waals surface area contributed by atoms with Crippen LogP contribution in [0, 0.1) is 0 Å². The van der Waals surface area contributed by atoms with Crippen molar-refractivity contribution in [3.8, 4) is 11.5 Å². The van der Waals surface area contributed by atoms with Crippen LogP contribution in [0.5, 0.6) is 11.5 Å². The summed E-state index contributed by atoms with van der Waals surface area (Å²) in [6.07, 6.45) is 3.04. The van der Waals surface area contributed by atoms with Gasteiger partial charge in [0.05, 0.1) is 25.5 Å². The molecule has 0 radical (unpaired) electrons. The molecule has 2 heterocycles. The van der Waals surface area contributed by atoms with Crippen molar-refractivity contribution in [3.63, 3.8) is 0 Å². The Labute approximate surface area is 162 Å². The fourth-order valence-corrected chi connectivity index (χ4v) is 3.19. The van der Waals surface area contributed by atoms with E-state index in [-0.39, 0.29) is 16.9 Å². The molecule has 144 valence electrons. The summed E-state index contributed by atoms with van der Waals surface area (Å²) in [5.41, 5.74) is 0.654. The number of rotatable bonds is 5. The van der Waals surface area contributed by atoms with Crippen LogP contribution < -0.4 is 14.8 Å². The van der Waals surface area contributed by atoms with E-state index < -0.39 is 5.91 Å². The van der Waals surface area contributed by atoms with Gasteiger partial charge in [-0.1, -0.05) is 0 Å². The van der Waals surface area contributed by atoms with Gasteiger partial charge in [-0.3, -0.25) is 9.59 Å². The van der Waals surface area contributed by atoms with Gasteiger partial charge in [0.1, 0.15) is 0 Å². The van der Waals surface area contributed by atoms with Gasteiger partial charge in [0.15, 0.2) is 22.5 Å². The SMILES string of the molecule is COc1cc(NC(=O)c2ccc(Cl)o2)c(C(=O)N2CCCCC2)cc1OC. The van der Waals surface area contributed by atoms with E-state index in [0.717, 1.165) is 19.3 Å². The lowest BCUT2D eigenvalue weighted by Gasteiger charge is -2.28. The third kappa shape index (κ3) is 4.19. The number of nitrogens with one attached hydrogen (secondary N) is 1. The lowest BCUT2D eigenvalue weighted by molar-refractivity contribution is 0.0725. The Morgan fingerprint density at radius 2 is 1.74 bits per heavy atom. The average molecular weight is 393 g/mol. The monoisotopic (exact) mass is 392 g/mol. The van der Waals surface area contributed by atoms with Crippen LogP contribution in [0.25, 0.3) is 0 Å². The molecule has 27 heavy (non-hydrogen) atoms. The number of halogens is 1. The Hall–Kier alpha value is -2.67. The third-order valence-corrected chi connectivity index (χ3v) is 4.65. The summed E-state index contributed by atoms with van der Waals surface area (Å²) in [5, 5.41) is 2.82. The summed E-state index contributed by atoms with van der Waals surface area (Å²) < 4.78 is 15.8. The standard InChI is InChI=1S/C19H21ClN2O5/c1-25-15-10-12(19(24)22-8-4-3-5-9-22)13(11-16(15)26-2)21-18(23)14-6-7-17(20)27-14/h6-7,10-11H,3-5,8-9H2,1-2H3,(H,21,23). The quantitative estimate of drug-likeness (QED) is 0.836. The molecule has 1 aliphatic heterocycles. The number of nitrogens with zero attached hydrogens (tertiary/aromatic N) is 1. The first-order chi connectivity index (χ1) is 13.0. The maximum absolute atomic E-state index is 13.0. The number of likely N-dealkylation sites (tertiary alicyclic amines) is 1. The Bertz CT molecular complexity index is 843. The first kappa shape index (κ1) is 19.1. The maximum atomic E-state index is 13.0. The van der Waals surface area contributed by atoms with E-state index >= 15 is 0 Å². The first-order valence-corrected chi connectivity index (χ1v) is 9.03. The Balaban J connectivity index is 1.96. The lowest BCUT2D eigenvalue weighted by atomic mass is 10.1. The van der Waals surface area contributed by atoms with Crippen molar-refractivity contribution in [1.82, 2.24) is 4.90 Å². The predicted octanol–water partition coefficient (Wildman–Crippen LogP) is 3.83. The van der Waals surface area contributed by atoms with Crippen molar-refractivity contribution in [3.05, 3.63) is 40.8 Å². The van der Waals surface area contributed by atoms with Gasteiger partial charge >= 0.3 is 0 Å². The Kier molecular flexibility index (Phi) is 5.91. The number of furan rings is 1. The van der Waals surface area contributed by atoms with Gasteiger partial charge in [0, 0.05) is 19.2 Å². The van der Waals surface area contributed by atoms with E-state index in [1.807, 2.05) is 0 Å². The Morgan fingerprint density at radius 3 is 2.33 bits per heavy atom. The molecule has 0 atom stereocenters. The molecular formula is C19H21ClN2O5. The summed E-state index contributed by atoms with van der Waals surface area (Å²) in [6, 6.07) is 6.09. The van der Waals surface area contributed by atoms with Crippen LogP contribution in [0.15, 0.2) is 28.7 Å². The molecule has 0 aliphatic carbocycles. The van der Waals surface area contributed by atoms with Crippen LogP contribution in [0.3, 0.4) is 0 Å². The molecule has 0 saturated carbocycles. The number of methoxy groups -OCH3 is 2. The van der Waals surface area contributed by atoms with Crippen LogP contribution in [-0.2, 0) is 0 Å². The number of anilines is 1. The van der Waals surface area contributed by atoms with Gasteiger partial charge in [-0.15, -0.1) is 0 Å². The highest BCUT2D eigenvalue weighted by molar-refractivity contribution is 6.29. The molecule has 1 aliphatic rings. The molecule has 7 nitrogen and oxygen atoms in total. The fraction of sp³-hybridized carbons (Fsp3) is 0.368. The zero-order valence-electron chi connectivity index (χ0n) is 15.2. The second-order valence-electron chi connectivity index (χ2n) is 6.16. The average Bonchev–Trinajstić information content (AvgIpc) is 3.14. The zero-order valence-corrected chi connectivity index (χ0v) is 16.0. The summed E-state index contributed by atoms with van der Waals surface area (Å²) >= 11 is 5.73. The summed E-state index contributed by atoms with van der Waals surface area (Å²) in [5.74, 6) is 0.189. The van der Waals surface area contributed by atoms with Crippen LogP contribution in [0.1, 0.15) is 40.2 Å². The number of carbonyl (C=O) groups is 2. The second kappa shape index (κ2) is 8.35. The van der Waals surface area contributed by atoms with E-state index in [0.29, 0.717) is 35.8 Å². The number of amides is 2.